The van der Waals surface area contributed by atoms with Gasteiger partial charge in [-0.1, -0.05) is 18.2 Å². The molecule has 2 rings (SSSR count). The highest BCUT2D eigenvalue weighted by Crippen LogP contribution is 2.22. The first-order valence-corrected chi connectivity index (χ1v) is 4.93. The summed E-state index contributed by atoms with van der Waals surface area (Å²) in [4.78, 5) is 23.9. The zero-order valence-electron chi connectivity index (χ0n) is 8.80. The van der Waals surface area contributed by atoms with E-state index in [1.807, 2.05) is 0 Å². The maximum atomic E-state index is 11.3. The Balaban J connectivity index is 2.34. The van der Waals surface area contributed by atoms with Crippen molar-refractivity contribution in [3.8, 4) is 0 Å². The second kappa shape index (κ2) is 3.84. The van der Waals surface area contributed by atoms with Gasteiger partial charge in [0.2, 0.25) is 0 Å². The van der Waals surface area contributed by atoms with E-state index in [4.69, 9.17) is 5.11 Å². The average molecular weight is 220 g/mol. The quantitative estimate of drug-likeness (QED) is 0.783. The molecule has 0 spiro atoms. The van der Waals surface area contributed by atoms with Crippen LogP contribution in [0.2, 0.25) is 0 Å². The summed E-state index contributed by atoms with van der Waals surface area (Å²) in [7, 11) is 1.68. The molecule has 84 valence electrons. The Bertz CT molecular complexity index is 445. The lowest BCUT2D eigenvalue weighted by atomic mass is 10.0. The number of rotatable bonds is 2. The van der Waals surface area contributed by atoms with Gasteiger partial charge in [-0.05, 0) is 11.6 Å². The molecule has 1 fully saturated rings. The van der Waals surface area contributed by atoms with Gasteiger partial charge in [-0.25, -0.2) is 9.59 Å². The minimum absolute atomic E-state index is 0.176. The topological polar surface area (TPSA) is 69.6 Å². The number of carboxylic acid groups (broad SMARTS) is 1. The fourth-order valence-corrected chi connectivity index (χ4v) is 1.83. The molecule has 1 unspecified atom stereocenters. The van der Waals surface area contributed by atoms with E-state index >= 15 is 0 Å². The molecule has 0 aromatic heterocycles. The first kappa shape index (κ1) is 10.5. The molecule has 1 aliphatic rings. The lowest BCUT2D eigenvalue weighted by Gasteiger charge is -2.12. The summed E-state index contributed by atoms with van der Waals surface area (Å²) in [6.07, 6.45) is 0. The van der Waals surface area contributed by atoms with E-state index in [1.165, 1.54) is 4.90 Å². The van der Waals surface area contributed by atoms with E-state index in [2.05, 4.69) is 5.32 Å². The van der Waals surface area contributed by atoms with Gasteiger partial charge in [-0.2, -0.15) is 0 Å². The second-order valence-corrected chi connectivity index (χ2v) is 3.78. The fourth-order valence-electron chi connectivity index (χ4n) is 1.83. The number of nitrogens with one attached hydrogen (secondary N) is 1. The number of amides is 2. The molecule has 2 amide bonds. The molecule has 0 bridgehead atoms. The van der Waals surface area contributed by atoms with Crippen molar-refractivity contribution in [3.63, 3.8) is 0 Å². The molecule has 1 saturated heterocycles. The Morgan fingerprint density at radius 2 is 2.19 bits per heavy atom. The Morgan fingerprint density at radius 1 is 1.50 bits per heavy atom. The number of likely N-dealkylation sites (N-methyl/N-ethyl adjacent to an activating group) is 1. The summed E-state index contributed by atoms with van der Waals surface area (Å²) < 4.78 is 0. The summed E-state index contributed by atoms with van der Waals surface area (Å²) >= 11 is 0. The zero-order valence-corrected chi connectivity index (χ0v) is 8.80. The molecule has 1 aromatic rings. The van der Waals surface area contributed by atoms with Crippen LogP contribution < -0.4 is 5.32 Å². The molecule has 5 heteroatoms. The zero-order chi connectivity index (χ0) is 11.7. The highest BCUT2D eigenvalue weighted by Gasteiger charge is 2.29. The largest absolute Gasteiger partial charge is 0.478 e. The predicted octanol–water partition coefficient (Wildman–Crippen LogP) is 1.08. The van der Waals surface area contributed by atoms with Crippen LogP contribution in [0, 0.1) is 0 Å². The Hall–Kier alpha value is -2.04. The molecule has 1 aromatic carbocycles. The number of aromatic carboxylic acids is 1. The van der Waals surface area contributed by atoms with Crippen molar-refractivity contribution in [2.24, 2.45) is 0 Å². The monoisotopic (exact) mass is 220 g/mol. The van der Waals surface area contributed by atoms with Gasteiger partial charge < -0.3 is 15.3 Å². The first-order chi connectivity index (χ1) is 7.59. The van der Waals surface area contributed by atoms with Crippen LogP contribution in [0.1, 0.15) is 22.0 Å². The number of hydrogen-bond donors (Lipinski definition) is 2. The Kier molecular flexibility index (Phi) is 2.52. The molecule has 0 saturated carbocycles. The average Bonchev–Trinajstić information content (AvgIpc) is 2.59. The van der Waals surface area contributed by atoms with Crippen molar-refractivity contribution in [1.82, 2.24) is 10.2 Å². The van der Waals surface area contributed by atoms with E-state index in [1.54, 1.807) is 31.3 Å². The molecule has 16 heavy (non-hydrogen) atoms. The summed E-state index contributed by atoms with van der Waals surface area (Å²) in [5, 5.41) is 11.8. The Morgan fingerprint density at radius 3 is 2.75 bits per heavy atom. The molecular formula is C11H12N2O3. The summed E-state index contributed by atoms with van der Waals surface area (Å²) in [6, 6.07) is 6.30. The molecule has 1 aliphatic heterocycles. The number of nitrogens with zero attached hydrogens (tertiary/aromatic N) is 1. The summed E-state index contributed by atoms with van der Waals surface area (Å²) in [5.41, 5.74) is 0.885. The predicted molar refractivity (Wildman–Crippen MR) is 57.3 cm³/mol. The van der Waals surface area contributed by atoms with Gasteiger partial charge in [0.05, 0.1) is 11.6 Å². The first-order valence-electron chi connectivity index (χ1n) is 4.93. The van der Waals surface area contributed by atoms with E-state index in [-0.39, 0.29) is 17.6 Å². The van der Waals surface area contributed by atoms with E-state index in [0.717, 1.165) is 0 Å². The van der Waals surface area contributed by atoms with Crippen LogP contribution >= 0.6 is 0 Å². The number of carbonyl (C=O) groups excluding carboxylic acids is 1. The van der Waals surface area contributed by atoms with Gasteiger partial charge in [0.1, 0.15) is 0 Å². The molecule has 0 aliphatic carbocycles. The van der Waals surface area contributed by atoms with Gasteiger partial charge in [-0.15, -0.1) is 0 Å². The van der Waals surface area contributed by atoms with Gasteiger partial charge >= 0.3 is 12.0 Å². The van der Waals surface area contributed by atoms with Gasteiger partial charge in [0.25, 0.3) is 0 Å². The number of benzene rings is 1. The van der Waals surface area contributed by atoms with Crippen molar-refractivity contribution < 1.29 is 14.7 Å². The third kappa shape index (κ3) is 1.71. The molecular weight excluding hydrogens is 208 g/mol. The highest BCUT2D eigenvalue weighted by atomic mass is 16.4. The standard InChI is InChI=1S/C11H12N2O3/c1-13-6-9(12-11(13)16)7-4-2-3-5-8(7)10(14)15/h2-5,9H,6H2,1H3,(H,12,16)(H,14,15). The smallest absolute Gasteiger partial charge is 0.336 e. The second-order valence-electron chi connectivity index (χ2n) is 3.78. The van der Waals surface area contributed by atoms with Crippen molar-refractivity contribution in [2.45, 2.75) is 6.04 Å². The minimum atomic E-state index is -0.973. The van der Waals surface area contributed by atoms with Crippen LogP contribution in [0.5, 0.6) is 0 Å². The van der Waals surface area contributed by atoms with Crippen molar-refractivity contribution in [2.75, 3.05) is 13.6 Å². The molecule has 2 N–H and O–H groups in total. The highest BCUT2D eigenvalue weighted by molar-refractivity contribution is 5.90. The SMILES string of the molecule is CN1CC(c2ccccc2C(=O)O)NC1=O. The van der Waals surface area contributed by atoms with E-state index in [0.29, 0.717) is 12.1 Å². The van der Waals surface area contributed by atoms with E-state index < -0.39 is 5.97 Å². The van der Waals surface area contributed by atoms with Crippen LogP contribution in [0.4, 0.5) is 4.79 Å². The van der Waals surface area contributed by atoms with Crippen LogP contribution in [-0.2, 0) is 0 Å². The lowest BCUT2D eigenvalue weighted by molar-refractivity contribution is 0.0695. The summed E-state index contributed by atoms with van der Waals surface area (Å²) in [6.45, 7) is 0.489. The normalized spacial score (nSPS) is 19.7. The minimum Gasteiger partial charge on any atom is -0.478 e. The number of hydrogen-bond acceptors (Lipinski definition) is 2. The van der Waals surface area contributed by atoms with Crippen molar-refractivity contribution in [3.05, 3.63) is 35.4 Å². The molecule has 1 atom stereocenters. The number of carbonyl (C=O) groups is 2. The lowest BCUT2D eigenvalue weighted by Crippen LogP contribution is -2.24. The Labute approximate surface area is 92.7 Å². The molecule has 0 radical (unpaired) electrons. The third-order valence-electron chi connectivity index (χ3n) is 2.67. The van der Waals surface area contributed by atoms with Gasteiger partial charge in [0.15, 0.2) is 0 Å². The van der Waals surface area contributed by atoms with Crippen molar-refractivity contribution >= 4 is 12.0 Å². The van der Waals surface area contributed by atoms with Crippen molar-refractivity contribution in [1.29, 1.82) is 0 Å². The number of carboxylic acids is 1. The molecule has 1 heterocycles. The molecule has 5 nitrogen and oxygen atoms in total. The number of urea groups is 1. The fraction of sp³-hybridized carbons (Fsp3) is 0.273. The van der Waals surface area contributed by atoms with Crippen LogP contribution in [0.15, 0.2) is 24.3 Å². The van der Waals surface area contributed by atoms with E-state index in [9.17, 15) is 9.59 Å². The van der Waals surface area contributed by atoms with Crippen LogP contribution in [-0.4, -0.2) is 35.6 Å². The third-order valence-corrected chi connectivity index (χ3v) is 2.67. The summed E-state index contributed by atoms with van der Waals surface area (Å²) in [5.74, 6) is -0.973. The van der Waals surface area contributed by atoms with Gasteiger partial charge in [0, 0.05) is 13.6 Å². The van der Waals surface area contributed by atoms with Crippen LogP contribution in [0.25, 0.3) is 0 Å². The van der Waals surface area contributed by atoms with Gasteiger partial charge in [-0.3, -0.25) is 0 Å². The maximum absolute atomic E-state index is 11.3. The van der Waals surface area contributed by atoms with Crippen LogP contribution in [0.3, 0.4) is 0 Å². The maximum Gasteiger partial charge on any atom is 0.336 e.